The number of rotatable bonds is 14. The lowest BCUT2D eigenvalue weighted by Crippen LogP contribution is -3.00. The molecule has 0 fully saturated rings. The summed E-state index contributed by atoms with van der Waals surface area (Å²) in [6.07, 6.45) is 9.67. The number of allylic oxidation sites excluding steroid dienone is 1. The number of nitrogens with zero attached hydrogens (tertiary/aromatic N) is 1. The fourth-order valence-electron chi connectivity index (χ4n) is 2.91. The Morgan fingerprint density at radius 2 is 1.33 bits per heavy atom. The number of carbonyl (C=O) groups is 1. The van der Waals surface area contributed by atoms with Crippen molar-refractivity contribution in [3.05, 3.63) is 11.8 Å². The number of unbranched alkanes of at least 4 members (excludes halogenated alkanes) is 3. The van der Waals surface area contributed by atoms with Gasteiger partial charge in [-0.3, -0.25) is 0 Å². The van der Waals surface area contributed by atoms with E-state index in [4.69, 9.17) is 4.74 Å². The quantitative estimate of drug-likeness (QED) is 0.168. The second-order valence-electron chi connectivity index (χ2n) is 6.46. The molecule has 0 bridgehead atoms. The Bertz CT molecular complexity index is 324. The SMILES string of the molecule is CC=C(O)C(=O)OCCC[N+](CCCC)(CCCC)CCCC.[Cl-]. The molecule has 0 heterocycles. The smallest absolute Gasteiger partial charge is 0.373 e. The van der Waals surface area contributed by atoms with Crippen LogP contribution in [0.3, 0.4) is 0 Å². The molecule has 0 aromatic rings. The number of aliphatic hydroxyl groups is 1. The summed E-state index contributed by atoms with van der Waals surface area (Å²) in [4.78, 5) is 11.5. The summed E-state index contributed by atoms with van der Waals surface area (Å²) in [5.74, 6) is -0.907. The van der Waals surface area contributed by atoms with Crippen molar-refractivity contribution in [3.63, 3.8) is 0 Å². The van der Waals surface area contributed by atoms with E-state index in [0.717, 1.165) is 17.4 Å². The molecule has 0 saturated carbocycles. The second kappa shape index (κ2) is 15.8. The molecule has 144 valence electrons. The molecule has 0 saturated heterocycles. The predicted octanol–water partition coefficient (Wildman–Crippen LogP) is 1.60. The van der Waals surface area contributed by atoms with E-state index in [1.165, 1.54) is 64.2 Å². The van der Waals surface area contributed by atoms with Gasteiger partial charge in [0.1, 0.15) is 0 Å². The summed E-state index contributed by atoms with van der Waals surface area (Å²) in [6.45, 7) is 13.5. The third-order valence-corrected chi connectivity index (χ3v) is 4.45. The highest BCUT2D eigenvalue weighted by Crippen LogP contribution is 2.16. The molecule has 0 spiro atoms. The van der Waals surface area contributed by atoms with Crippen LogP contribution in [-0.2, 0) is 9.53 Å². The first-order valence-corrected chi connectivity index (χ1v) is 9.42. The lowest BCUT2D eigenvalue weighted by atomic mass is 10.1. The van der Waals surface area contributed by atoms with Gasteiger partial charge in [0, 0.05) is 6.42 Å². The maximum absolute atomic E-state index is 11.5. The van der Waals surface area contributed by atoms with Crippen LogP contribution in [0.25, 0.3) is 0 Å². The van der Waals surface area contributed by atoms with Gasteiger partial charge in [-0.05, 0) is 32.3 Å². The van der Waals surface area contributed by atoms with Crippen molar-refractivity contribution >= 4 is 5.97 Å². The standard InChI is InChI=1S/C19H37NO3.ClH/c1-5-9-13-20(14-10-6-2,15-11-7-3)16-12-17-23-19(22)18(21)8-4;/h8H,5-7,9-17H2,1-4H3;1H. The summed E-state index contributed by atoms with van der Waals surface area (Å²) >= 11 is 0. The molecule has 1 N–H and O–H groups in total. The Morgan fingerprint density at radius 3 is 1.71 bits per heavy atom. The van der Waals surface area contributed by atoms with Crippen molar-refractivity contribution in [1.82, 2.24) is 0 Å². The van der Waals surface area contributed by atoms with Crippen LogP contribution in [-0.4, -0.2) is 48.3 Å². The van der Waals surface area contributed by atoms with Gasteiger partial charge in [0.15, 0.2) is 5.76 Å². The van der Waals surface area contributed by atoms with E-state index >= 15 is 0 Å². The van der Waals surface area contributed by atoms with E-state index in [1.54, 1.807) is 6.92 Å². The van der Waals surface area contributed by atoms with Crippen molar-refractivity contribution in [2.75, 3.05) is 32.8 Å². The van der Waals surface area contributed by atoms with Crippen LogP contribution in [0, 0.1) is 0 Å². The predicted molar refractivity (Wildman–Crippen MR) is 96.4 cm³/mol. The number of aliphatic hydroxyl groups excluding tert-OH is 1. The van der Waals surface area contributed by atoms with Gasteiger partial charge in [0.25, 0.3) is 0 Å². The molecule has 0 amide bonds. The molecule has 0 aliphatic heterocycles. The van der Waals surface area contributed by atoms with Crippen LogP contribution < -0.4 is 12.4 Å². The maximum Gasteiger partial charge on any atom is 0.373 e. The minimum Gasteiger partial charge on any atom is -1.00 e. The van der Waals surface area contributed by atoms with E-state index in [-0.39, 0.29) is 18.2 Å². The van der Waals surface area contributed by atoms with Gasteiger partial charge >= 0.3 is 5.97 Å². The minimum atomic E-state index is -0.610. The molecule has 24 heavy (non-hydrogen) atoms. The number of hydrogen-bond donors (Lipinski definition) is 1. The van der Waals surface area contributed by atoms with Crippen LogP contribution in [0.2, 0.25) is 0 Å². The molecule has 0 aliphatic carbocycles. The Balaban J connectivity index is 0. The Labute approximate surface area is 155 Å². The number of esters is 1. The van der Waals surface area contributed by atoms with Gasteiger partial charge in [-0.25, -0.2) is 4.79 Å². The van der Waals surface area contributed by atoms with Crippen LogP contribution in [0.5, 0.6) is 0 Å². The zero-order valence-corrected chi connectivity index (χ0v) is 16.9. The number of quaternary nitrogens is 1. The molecule has 0 rings (SSSR count). The molecular weight excluding hydrogens is 326 g/mol. The van der Waals surface area contributed by atoms with Gasteiger partial charge in [-0.15, -0.1) is 0 Å². The Kier molecular flexibility index (Phi) is 16.8. The molecule has 0 radical (unpaired) electrons. The molecule has 5 heteroatoms. The Morgan fingerprint density at radius 1 is 0.917 bits per heavy atom. The van der Waals surface area contributed by atoms with Crippen LogP contribution in [0.1, 0.15) is 72.6 Å². The number of ether oxygens (including phenoxy) is 1. The number of halogens is 1. The monoisotopic (exact) mass is 363 g/mol. The lowest BCUT2D eigenvalue weighted by molar-refractivity contribution is -0.929. The molecule has 0 atom stereocenters. The van der Waals surface area contributed by atoms with E-state index in [0.29, 0.717) is 6.61 Å². The number of hydrogen-bond acceptors (Lipinski definition) is 3. The van der Waals surface area contributed by atoms with Gasteiger partial charge in [-0.1, -0.05) is 40.0 Å². The lowest BCUT2D eigenvalue weighted by Gasteiger charge is -2.39. The van der Waals surface area contributed by atoms with Crippen molar-refractivity contribution < 1.29 is 31.5 Å². The average molecular weight is 364 g/mol. The first kappa shape index (κ1) is 25.5. The van der Waals surface area contributed by atoms with E-state index in [2.05, 4.69) is 20.8 Å². The first-order valence-electron chi connectivity index (χ1n) is 9.42. The fourth-order valence-corrected chi connectivity index (χ4v) is 2.91. The Hall–Kier alpha value is -0.740. The molecule has 4 nitrogen and oxygen atoms in total. The number of carbonyl (C=O) groups excluding carboxylic acids is 1. The van der Waals surface area contributed by atoms with Gasteiger partial charge in [-0.2, -0.15) is 0 Å². The van der Waals surface area contributed by atoms with Gasteiger partial charge in [0.2, 0.25) is 0 Å². The highest BCUT2D eigenvalue weighted by Gasteiger charge is 2.25. The molecule has 0 aromatic heterocycles. The van der Waals surface area contributed by atoms with Crippen LogP contribution in [0.4, 0.5) is 0 Å². The van der Waals surface area contributed by atoms with E-state index in [1.807, 2.05) is 0 Å². The summed E-state index contributed by atoms with van der Waals surface area (Å²) in [7, 11) is 0. The zero-order valence-electron chi connectivity index (χ0n) is 16.2. The third kappa shape index (κ3) is 10.9. The molecule has 0 unspecified atom stereocenters. The highest BCUT2D eigenvalue weighted by molar-refractivity contribution is 5.85. The fraction of sp³-hybridized carbons (Fsp3) is 0.842. The normalized spacial score (nSPS) is 11.9. The topological polar surface area (TPSA) is 46.5 Å². The maximum atomic E-state index is 11.5. The summed E-state index contributed by atoms with van der Waals surface area (Å²) in [6, 6.07) is 0. The van der Waals surface area contributed by atoms with Gasteiger partial charge in [0.05, 0.1) is 32.8 Å². The summed E-state index contributed by atoms with van der Waals surface area (Å²) in [5.41, 5.74) is 0. The summed E-state index contributed by atoms with van der Waals surface area (Å²) in [5, 5.41) is 9.32. The zero-order chi connectivity index (χ0) is 17.6. The van der Waals surface area contributed by atoms with E-state index < -0.39 is 5.97 Å². The second-order valence-corrected chi connectivity index (χ2v) is 6.46. The van der Waals surface area contributed by atoms with Gasteiger partial charge < -0.3 is 26.7 Å². The van der Waals surface area contributed by atoms with Crippen molar-refractivity contribution in [2.24, 2.45) is 0 Å². The third-order valence-electron chi connectivity index (χ3n) is 4.45. The van der Waals surface area contributed by atoms with Crippen molar-refractivity contribution in [1.29, 1.82) is 0 Å². The van der Waals surface area contributed by atoms with E-state index in [9.17, 15) is 9.90 Å². The van der Waals surface area contributed by atoms with Crippen LogP contribution >= 0.6 is 0 Å². The van der Waals surface area contributed by atoms with Crippen molar-refractivity contribution in [2.45, 2.75) is 72.6 Å². The first-order chi connectivity index (χ1) is 11.0. The molecule has 0 aromatic carbocycles. The highest BCUT2D eigenvalue weighted by atomic mass is 35.5. The van der Waals surface area contributed by atoms with Crippen molar-refractivity contribution in [3.8, 4) is 0 Å². The largest absolute Gasteiger partial charge is 1.00 e. The molecular formula is C19H38ClNO3. The average Bonchev–Trinajstić information content (AvgIpc) is 2.58. The van der Waals surface area contributed by atoms with Crippen LogP contribution in [0.15, 0.2) is 11.8 Å². The summed E-state index contributed by atoms with van der Waals surface area (Å²) < 4.78 is 6.29. The molecule has 0 aliphatic rings. The minimum absolute atomic E-state index is 0.